The van der Waals surface area contributed by atoms with E-state index in [-0.39, 0.29) is 12.0 Å². The van der Waals surface area contributed by atoms with Gasteiger partial charge in [-0.2, -0.15) is 4.98 Å². The fourth-order valence-electron chi connectivity index (χ4n) is 4.96. The smallest absolute Gasteiger partial charge is 0.244 e. The van der Waals surface area contributed by atoms with Crippen molar-refractivity contribution in [1.29, 1.82) is 0 Å². The minimum atomic E-state index is -0.404. The number of hydrogen-bond donors (Lipinski definition) is 2. The summed E-state index contributed by atoms with van der Waals surface area (Å²) in [5.41, 5.74) is 0.889. The molecule has 0 radical (unpaired) electrons. The number of halogens is 1. The van der Waals surface area contributed by atoms with Gasteiger partial charge in [0.05, 0.1) is 12.3 Å². The van der Waals surface area contributed by atoms with Crippen molar-refractivity contribution >= 4 is 23.7 Å². The normalized spacial score (nSPS) is 26.6. The third kappa shape index (κ3) is 4.43. The van der Waals surface area contributed by atoms with Crippen LogP contribution >= 0.6 is 0 Å². The number of aliphatic hydroxyl groups excluding tert-OH is 1. The minimum Gasteiger partial charge on any atom is -0.391 e. The van der Waals surface area contributed by atoms with Gasteiger partial charge in [0.25, 0.3) is 0 Å². The fourth-order valence-corrected chi connectivity index (χ4v) is 4.96. The van der Waals surface area contributed by atoms with Crippen LogP contribution in [-0.4, -0.2) is 64.8 Å². The lowest BCUT2D eigenvalue weighted by Crippen LogP contribution is -2.29. The zero-order valence-corrected chi connectivity index (χ0v) is 17.8. The summed E-state index contributed by atoms with van der Waals surface area (Å²) >= 11 is 0. The highest BCUT2D eigenvalue weighted by Gasteiger charge is 2.55. The molecule has 2 aromatic heterocycles. The number of rotatable bonds is 7. The Morgan fingerprint density at radius 3 is 2.81 bits per heavy atom. The van der Waals surface area contributed by atoms with E-state index in [2.05, 4.69) is 20.3 Å². The Kier molecular flexibility index (Phi) is 5.73. The standard InChI is InChI=1S/C23H27FN6O2/c24-20-11-27-23(29-9-6-16(31)12-29)28-22(20)30-13-18-17(19(18)14-30)5-8-26-21(32)4-3-15-2-1-7-25-10-15/h1-4,7,10-11,16-19,31H,5-6,8-9,12-14H2,(H,26,32)/b4-3+. The number of nitrogens with one attached hydrogen (secondary N) is 1. The highest BCUT2D eigenvalue weighted by atomic mass is 19.1. The summed E-state index contributed by atoms with van der Waals surface area (Å²) in [7, 11) is 0. The number of piperidine rings is 1. The van der Waals surface area contributed by atoms with Crippen LogP contribution < -0.4 is 15.1 Å². The summed E-state index contributed by atoms with van der Waals surface area (Å²) in [5, 5.41) is 12.7. The van der Waals surface area contributed by atoms with E-state index in [1.54, 1.807) is 18.5 Å². The van der Waals surface area contributed by atoms with Gasteiger partial charge in [-0.1, -0.05) is 6.07 Å². The summed E-state index contributed by atoms with van der Waals surface area (Å²) in [5.74, 6) is 1.93. The van der Waals surface area contributed by atoms with Crippen LogP contribution in [0.1, 0.15) is 18.4 Å². The molecular formula is C23H27FN6O2. The largest absolute Gasteiger partial charge is 0.391 e. The zero-order valence-electron chi connectivity index (χ0n) is 17.8. The molecule has 2 N–H and O–H groups in total. The summed E-state index contributed by atoms with van der Waals surface area (Å²) in [4.78, 5) is 28.5. The topological polar surface area (TPSA) is 94.5 Å². The van der Waals surface area contributed by atoms with Crippen molar-refractivity contribution in [3.8, 4) is 0 Å². The molecule has 1 aliphatic carbocycles. The van der Waals surface area contributed by atoms with Crippen molar-refractivity contribution in [3.63, 3.8) is 0 Å². The van der Waals surface area contributed by atoms with E-state index in [9.17, 15) is 14.3 Å². The molecule has 4 heterocycles. The van der Waals surface area contributed by atoms with Crippen LogP contribution in [0.25, 0.3) is 6.08 Å². The average molecular weight is 439 g/mol. The highest BCUT2D eigenvalue weighted by Crippen LogP contribution is 2.54. The van der Waals surface area contributed by atoms with Crippen LogP contribution in [0, 0.1) is 23.6 Å². The molecule has 3 aliphatic rings. The molecule has 0 aromatic carbocycles. The number of carbonyl (C=O) groups is 1. The molecule has 5 rings (SSSR count). The van der Waals surface area contributed by atoms with E-state index in [4.69, 9.17) is 0 Å². The predicted octanol–water partition coefficient (Wildman–Crippen LogP) is 1.48. The molecule has 1 amide bonds. The van der Waals surface area contributed by atoms with Crippen LogP contribution in [0.4, 0.5) is 16.2 Å². The maximum Gasteiger partial charge on any atom is 0.244 e. The summed E-state index contributed by atoms with van der Waals surface area (Å²) in [6.07, 6.45) is 9.15. The first kappa shape index (κ1) is 20.8. The molecule has 3 fully saturated rings. The van der Waals surface area contributed by atoms with Gasteiger partial charge in [-0.3, -0.25) is 9.78 Å². The lowest BCUT2D eigenvalue weighted by molar-refractivity contribution is -0.116. The zero-order chi connectivity index (χ0) is 22.1. The van der Waals surface area contributed by atoms with Crippen LogP contribution in [0.15, 0.2) is 36.8 Å². The molecule has 32 heavy (non-hydrogen) atoms. The molecular weight excluding hydrogens is 411 g/mol. The van der Waals surface area contributed by atoms with Crippen LogP contribution in [0.5, 0.6) is 0 Å². The van der Waals surface area contributed by atoms with Crippen LogP contribution in [-0.2, 0) is 4.79 Å². The van der Waals surface area contributed by atoms with Crippen molar-refractivity contribution in [2.24, 2.45) is 17.8 Å². The Hall–Kier alpha value is -3.07. The molecule has 2 aliphatic heterocycles. The van der Waals surface area contributed by atoms with E-state index in [1.807, 2.05) is 21.9 Å². The van der Waals surface area contributed by atoms with E-state index in [1.165, 1.54) is 12.3 Å². The Morgan fingerprint density at radius 2 is 2.09 bits per heavy atom. The second kappa shape index (κ2) is 8.82. The van der Waals surface area contributed by atoms with Gasteiger partial charge in [-0.25, -0.2) is 9.37 Å². The van der Waals surface area contributed by atoms with Crippen molar-refractivity contribution < 1.29 is 14.3 Å². The molecule has 1 saturated carbocycles. The van der Waals surface area contributed by atoms with Crippen molar-refractivity contribution in [2.75, 3.05) is 42.5 Å². The lowest BCUT2D eigenvalue weighted by atomic mass is 10.2. The number of β-amino-alcohol motifs (C(OH)–C–C–N with tert-alkyl or cyclic N) is 1. The molecule has 8 nitrogen and oxygen atoms in total. The van der Waals surface area contributed by atoms with E-state index in [0.717, 1.165) is 25.1 Å². The number of fused-ring (bicyclic) bond motifs is 1. The Balaban J connectivity index is 1.09. The molecule has 0 spiro atoms. The molecule has 3 unspecified atom stereocenters. The molecule has 2 saturated heterocycles. The third-order valence-corrected chi connectivity index (χ3v) is 6.72. The number of pyridine rings is 1. The van der Waals surface area contributed by atoms with Gasteiger partial charge in [-0.15, -0.1) is 0 Å². The maximum atomic E-state index is 14.4. The van der Waals surface area contributed by atoms with Crippen molar-refractivity contribution in [2.45, 2.75) is 18.9 Å². The van der Waals surface area contributed by atoms with Gasteiger partial charge in [-0.05, 0) is 48.3 Å². The monoisotopic (exact) mass is 438 g/mol. The van der Waals surface area contributed by atoms with Gasteiger partial charge >= 0.3 is 0 Å². The average Bonchev–Trinajstić information content (AvgIpc) is 3.12. The first-order chi connectivity index (χ1) is 15.6. The van der Waals surface area contributed by atoms with Gasteiger partial charge in [0, 0.05) is 51.2 Å². The molecule has 168 valence electrons. The summed E-state index contributed by atoms with van der Waals surface area (Å²) in [6, 6.07) is 3.73. The number of anilines is 2. The summed E-state index contributed by atoms with van der Waals surface area (Å²) < 4.78 is 14.4. The molecule has 9 heteroatoms. The van der Waals surface area contributed by atoms with E-state index < -0.39 is 5.82 Å². The quantitative estimate of drug-likeness (QED) is 0.633. The molecule has 3 atom stereocenters. The number of aromatic nitrogens is 3. The van der Waals surface area contributed by atoms with Crippen LogP contribution in [0.3, 0.4) is 0 Å². The van der Waals surface area contributed by atoms with Gasteiger partial charge in [0.1, 0.15) is 0 Å². The van der Waals surface area contributed by atoms with E-state index in [0.29, 0.717) is 55.6 Å². The maximum absolute atomic E-state index is 14.4. The second-order valence-corrected chi connectivity index (χ2v) is 8.83. The minimum absolute atomic E-state index is 0.107. The lowest BCUT2D eigenvalue weighted by Gasteiger charge is -2.23. The number of nitrogens with zero attached hydrogens (tertiary/aromatic N) is 5. The second-order valence-electron chi connectivity index (χ2n) is 8.83. The number of amides is 1. The SMILES string of the molecule is O=C(/C=C/c1cccnc1)NCCC1C2CN(c3nc(N4CCC(O)C4)ncc3F)CC12. The number of aliphatic hydroxyl groups is 1. The van der Waals surface area contributed by atoms with Gasteiger partial charge in [0.2, 0.25) is 11.9 Å². The number of hydrogen-bond acceptors (Lipinski definition) is 7. The van der Waals surface area contributed by atoms with Gasteiger partial charge < -0.3 is 20.2 Å². The van der Waals surface area contributed by atoms with Crippen molar-refractivity contribution in [1.82, 2.24) is 20.3 Å². The van der Waals surface area contributed by atoms with Gasteiger partial charge in [0.15, 0.2) is 11.6 Å². The first-order valence-electron chi connectivity index (χ1n) is 11.1. The Morgan fingerprint density at radius 1 is 1.25 bits per heavy atom. The molecule has 0 bridgehead atoms. The fraction of sp³-hybridized carbons (Fsp3) is 0.478. The predicted molar refractivity (Wildman–Crippen MR) is 118 cm³/mol. The Bertz CT molecular complexity index is 991. The summed E-state index contributed by atoms with van der Waals surface area (Å²) in [6.45, 7) is 3.36. The highest BCUT2D eigenvalue weighted by molar-refractivity contribution is 5.91. The van der Waals surface area contributed by atoms with E-state index >= 15 is 0 Å². The number of carbonyl (C=O) groups excluding carboxylic acids is 1. The third-order valence-electron chi connectivity index (χ3n) is 6.72. The first-order valence-corrected chi connectivity index (χ1v) is 11.1. The van der Waals surface area contributed by atoms with Crippen molar-refractivity contribution in [3.05, 3.63) is 48.2 Å². The molecule has 2 aromatic rings. The van der Waals surface area contributed by atoms with Crippen LogP contribution in [0.2, 0.25) is 0 Å². The Labute approximate surface area is 186 Å².